The number of carbonyl (C=O) groups excluding carboxylic acids is 1. The van der Waals surface area contributed by atoms with Gasteiger partial charge in [0.2, 0.25) is 5.91 Å². The zero-order valence-electron chi connectivity index (χ0n) is 22.9. The van der Waals surface area contributed by atoms with Gasteiger partial charge in [-0.1, -0.05) is 12.5 Å². The van der Waals surface area contributed by atoms with Crippen LogP contribution in [-0.2, 0) is 24.3 Å². The average molecular weight is 537 g/mol. The van der Waals surface area contributed by atoms with Crippen molar-refractivity contribution in [2.24, 2.45) is 11.8 Å². The Morgan fingerprint density at radius 3 is 2.52 bits per heavy atom. The van der Waals surface area contributed by atoms with Crippen molar-refractivity contribution >= 4 is 16.9 Å². The normalized spacial score (nSPS) is 18.2. The van der Waals surface area contributed by atoms with Crippen LogP contribution < -0.4 is 5.56 Å². The molecular weight excluding hydrogens is 500 g/mol. The van der Waals surface area contributed by atoms with Crippen LogP contribution in [0.2, 0.25) is 0 Å². The Bertz CT molecular complexity index is 1590. The molecule has 4 aromatic rings. The van der Waals surface area contributed by atoms with Gasteiger partial charge in [0.15, 0.2) is 0 Å². The minimum absolute atomic E-state index is 0.0600. The van der Waals surface area contributed by atoms with E-state index >= 15 is 0 Å². The van der Waals surface area contributed by atoms with E-state index in [2.05, 4.69) is 38.0 Å². The van der Waals surface area contributed by atoms with Crippen LogP contribution in [0.5, 0.6) is 0 Å². The van der Waals surface area contributed by atoms with Crippen molar-refractivity contribution in [1.29, 1.82) is 0 Å². The molecular formula is C32H36N6O2. The highest BCUT2D eigenvalue weighted by atomic mass is 16.2. The molecule has 8 heteroatoms. The molecule has 0 radical (unpaired) electrons. The van der Waals surface area contributed by atoms with Crippen LogP contribution >= 0.6 is 0 Å². The van der Waals surface area contributed by atoms with Crippen LogP contribution in [0, 0.1) is 11.8 Å². The molecule has 206 valence electrons. The number of H-pyrrole nitrogens is 1. The lowest BCUT2D eigenvalue weighted by Crippen LogP contribution is -2.50. The highest BCUT2D eigenvalue weighted by Gasteiger charge is 2.31. The van der Waals surface area contributed by atoms with Gasteiger partial charge in [0.25, 0.3) is 5.56 Å². The van der Waals surface area contributed by atoms with E-state index in [0.29, 0.717) is 18.2 Å². The lowest BCUT2D eigenvalue weighted by Gasteiger charge is -2.38. The average Bonchev–Trinajstić information content (AvgIpc) is 3.66. The number of nitrogens with one attached hydrogen (secondary N) is 1. The third-order valence-corrected chi connectivity index (χ3v) is 8.79. The molecule has 3 aliphatic rings. The van der Waals surface area contributed by atoms with E-state index in [9.17, 15) is 9.59 Å². The third-order valence-electron chi connectivity index (χ3n) is 8.79. The fraction of sp³-hybridized carbons (Fsp3) is 0.438. The second-order valence-electron chi connectivity index (χ2n) is 11.8. The minimum atomic E-state index is 0.0600. The Labute approximate surface area is 234 Å². The second-order valence-corrected chi connectivity index (χ2v) is 11.8. The Balaban J connectivity index is 0.994. The number of amides is 1. The summed E-state index contributed by atoms with van der Waals surface area (Å²) in [5.74, 6) is 2.19. The maximum Gasteiger partial charge on any atom is 0.251 e. The number of pyridine rings is 2. The maximum atomic E-state index is 12.6. The summed E-state index contributed by atoms with van der Waals surface area (Å²) in [6, 6.07) is 14.1. The molecule has 0 bridgehead atoms. The van der Waals surface area contributed by atoms with Crippen molar-refractivity contribution in [3.05, 3.63) is 82.3 Å². The van der Waals surface area contributed by atoms with Crippen LogP contribution in [0.1, 0.15) is 49.2 Å². The smallest absolute Gasteiger partial charge is 0.251 e. The number of aromatic amines is 1. The molecule has 3 aromatic heterocycles. The minimum Gasteiger partial charge on any atom is -0.342 e. The van der Waals surface area contributed by atoms with Gasteiger partial charge in [0, 0.05) is 75.8 Å². The molecule has 2 aliphatic carbocycles. The fourth-order valence-corrected chi connectivity index (χ4v) is 5.94. The first-order valence-electron chi connectivity index (χ1n) is 14.7. The highest BCUT2D eigenvalue weighted by Crippen LogP contribution is 2.31. The van der Waals surface area contributed by atoms with Gasteiger partial charge < -0.3 is 14.5 Å². The molecule has 8 nitrogen and oxygen atoms in total. The summed E-state index contributed by atoms with van der Waals surface area (Å²) in [6.07, 6.45) is 10.2. The zero-order chi connectivity index (χ0) is 27.1. The van der Waals surface area contributed by atoms with Crippen molar-refractivity contribution in [2.45, 2.75) is 51.6 Å². The van der Waals surface area contributed by atoms with E-state index in [1.165, 1.54) is 24.8 Å². The number of hydrogen-bond donors (Lipinski definition) is 1. The molecule has 0 atom stereocenters. The van der Waals surface area contributed by atoms with Gasteiger partial charge in [0.05, 0.1) is 11.0 Å². The maximum absolute atomic E-state index is 12.6. The number of nitrogens with zero attached hydrogens (tertiary/aromatic N) is 5. The topological polar surface area (TPSA) is 87.1 Å². The lowest BCUT2D eigenvalue weighted by molar-refractivity contribution is -0.140. The molecule has 40 heavy (non-hydrogen) atoms. The predicted octanol–water partition coefficient (Wildman–Crippen LogP) is 4.23. The van der Waals surface area contributed by atoms with Crippen molar-refractivity contribution in [1.82, 2.24) is 29.3 Å². The zero-order valence-corrected chi connectivity index (χ0v) is 22.9. The summed E-state index contributed by atoms with van der Waals surface area (Å²) >= 11 is 0. The molecule has 3 fully saturated rings. The summed E-state index contributed by atoms with van der Waals surface area (Å²) in [7, 11) is 0. The predicted molar refractivity (Wildman–Crippen MR) is 155 cm³/mol. The summed E-state index contributed by atoms with van der Waals surface area (Å²) in [4.78, 5) is 42.5. The number of carbonyl (C=O) groups is 1. The van der Waals surface area contributed by atoms with E-state index in [1.54, 1.807) is 6.07 Å². The van der Waals surface area contributed by atoms with Gasteiger partial charge in [0.1, 0.15) is 5.82 Å². The molecule has 1 N–H and O–H groups in total. The van der Waals surface area contributed by atoms with Gasteiger partial charge in [-0.05, 0) is 78.6 Å². The van der Waals surface area contributed by atoms with E-state index in [0.717, 1.165) is 85.8 Å². The highest BCUT2D eigenvalue weighted by molar-refractivity contribution is 5.82. The Hall–Kier alpha value is -3.78. The standard InChI is InChI=1S/C32H36N6O2/c39-31-18-26(9-11-38(31)21-22-4-5-22)25-6-7-28-29(17-25)35-30(34-28)19-27-16-23(8-10-33-27)20-36-12-14-37(15-13-36)32(40)24-2-1-3-24/h6-11,16-18,22,24H,1-5,12-15,19-21H2,(H,34,35). The molecule has 4 heterocycles. The van der Waals surface area contributed by atoms with Gasteiger partial charge in [-0.15, -0.1) is 0 Å². The molecule has 7 rings (SSSR count). The Kier molecular flexibility index (Phi) is 6.71. The van der Waals surface area contributed by atoms with Gasteiger partial charge in [-0.3, -0.25) is 19.5 Å². The van der Waals surface area contributed by atoms with Crippen molar-refractivity contribution in [2.75, 3.05) is 26.2 Å². The van der Waals surface area contributed by atoms with E-state index in [-0.39, 0.29) is 11.5 Å². The first-order valence-corrected chi connectivity index (χ1v) is 14.7. The molecule has 2 saturated carbocycles. The quantitative estimate of drug-likeness (QED) is 0.364. The van der Waals surface area contributed by atoms with Crippen molar-refractivity contribution in [3.63, 3.8) is 0 Å². The molecule has 1 aromatic carbocycles. The Morgan fingerprint density at radius 2 is 1.77 bits per heavy atom. The summed E-state index contributed by atoms with van der Waals surface area (Å²) in [6.45, 7) is 5.18. The molecule has 1 saturated heterocycles. The van der Waals surface area contributed by atoms with Crippen LogP contribution in [0.25, 0.3) is 22.2 Å². The fourth-order valence-electron chi connectivity index (χ4n) is 5.94. The van der Waals surface area contributed by atoms with Gasteiger partial charge >= 0.3 is 0 Å². The molecule has 1 aliphatic heterocycles. The van der Waals surface area contributed by atoms with E-state index in [4.69, 9.17) is 4.98 Å². The summed E-state index contributed by atoms with van der Waals surface area (Å²) in [5, 5.41) is 0. The summed E-state index contributed by atoms with van der Waals surface area (Å²) < 4.78 is 1.83. The largest absolute Gasteiger partial charge is 0.342 e. The van der Waals surface area contributed by atoms with Crippen LogP contribution in [0.3, 0.4) is 0 Å². The Morgan fingerprint density at radius 1 is 0.950 bits per heavy atom. The second kappa shape index (κ2) is 10.7. The van der Waals surface area contributed by atoms with Crippen LogP contribution in [0.4, 0.5) is 0 Å². The molecule has 0 spiro atoms. The number of aromatic nitrogens is 4. The third kappa shape index (κ3) is 5.45. The number of rotatable bonds is 8. The SMILES string of the molecule is O=C(C1CCC1)N1CCN(Cc2ccnc(Cc3nc4ccc(-c5ccn(CC6CC6)c(=O)c5)cc4[nH]3)c2)CC1. The monoisotopic (exact) mass is 536 g/mol. The lowest BCUT2D eigenvalue weighted by atomic mass is 9.84. The van der Waals surface area contributed by atoms with Crippen molar-refractivity contribution in [3.8, 4) is 11.1 Å². The molecule has 1 amide bonds. The first kappa shape index (κ1) is 25.2. The first-order chi connectivity index (χ1) is 19.6. The van der Waals surface area contributed by atoms with Crippen molar-refractivity contribution < 1.29 is 4.79 Å². The van der Waals surface area contributed by atoms with E-state index in [1.807, 2.05) is 35.2 Å². The van der Waals surface area contributed by atoms with Crippen LogP contribution in [0.15, 0.2) is 59.7 Å². The number of fused-ring (bicyclic) bond motifs is 1. The molecule has 0 unspecified atom stereocenters. The van der Waals surface area contributed by atoms with Gasteiger partial charge in [-0.25, -0.2) is 4.98 Å². The van der Waals surface area contributed by atoms with Crippen LogP contribution in [-0.4, -0.2) is 61.4 Å². The number of imidazole rings is 1. The summed E-state index contributed by atoms with van der Waals surface area (Å²) in [5.41, 5.74) is 6.08. The number of piperazine rings is 1. The number of hydrogen-bond acceptors (Lipinski definition) is 5. The van der Waals surface area contributed by atoms with E-state index < -0.39 is 0 Å². The van der Waals surface area contributed by atoms with Gasteiger partial charge in [-0.2, -0.15) is 0 Å². The number of benzene rings is 1.